The number of hydrogen-bond donors (Lipinski definition) is 4. The molecule has 1 aromatic carbocycles. The number of nitrogens with two attached hydrogens (primary N) is 2. The van der Waals surface area contributed by atoms with E-state index >= 15 is 0 Å². The minimum Gasteiger partial charge on any atom is -0.393 e. The Kier molecular flexibility index (Phi) is 10.3. The summed E-state index contributed by atoms with van der Waals surface area (Å²) in [6, 6.07) is 5.29. The van der Waals surface area contributed by atoms with Crippen LogP contribution in [0, 0.1) is 0 Å². The molecule has 0 radical (unpaired) electrons. The molecule has 6 N–H and O–H groups in total. The molecule has 0 saturated heterocycles. The van der Waals surface area contributed by atoms with Gasteiger partial charge in [-0.25, -0.2) is 4.99 Å². The SMILES string of the molecule is CCC(O)CCCCCN=C(N)NC(N)=NCc1ccc(Cl)c(Cl)c1. The Morgan fingerprint density at radius 1 is 1.12 bits per heavy atom. The van der Waals surface area contributed by atoms with E-state index in [2.05, 4.69) is 15.3 Å². The molecule has 1 unspecified atom stereocenters. The van der Waals surface area contributed by atoms with Gasteiger partial charge in [-0.15, -0.1) is 0 Å². The first-order valence-corrected chi connectivity index (χ1v) is 9.16. The molecule has 0 aliphatic heterocycles. The molecule has 0 saturated carbocycles. The van der Waals surface area contributed by atoms with Crippen molar-refractivity contribution in [2.24, 2.45) is 21.5 Å². The molecule has 140 valence electrons. The van der Waals surface area contributed by atoms with Crippen LogP contribution in [-0.4, -0.2) is 29.7 Å². The monoisotopic (exact) mass is 387 g/mol. The maximum Gasteiger partial charge on any atom is 0.195 e. The topological polar surface area (TPSA) is 109 Å². The molecule has 0 aliphatic rings. The Morgan fingerprint density at radius 2 is 1.84 bits per heavy atom. The van der Waals surface area contributed by atoms with Gasteiger partial charge in [0.2, 0.25) is 0 Å². The fourth-order valence-electron chi connectivity index (χ4n) is 2.10. The van der Waals surface area contributed by atoms with E-state index in [1.54, 1.807) is 12.1 Å². The van der Waals surface area contributed by atoms with Crippen molar-refractivity contribution in [2.75, 3.05) is 6.54 Å². The Labute approximate surface area is 159 Å². The Balaban J connectivity index is 2.29. The van der Waals surface area contributed by atoms with E-state index in [0.717, 1.165) is 37.7 Å². The minimum absolute atomic E-state index is 0.193. The molecule has 1 atom stereocenters. The second-order valence-corrected chi connectivity index (χ2v) is 6.57. The molecule has 8 heteroatoms. The normalized spacial score (nSPS) is 13.8. The van der Waals surface area contributed by atoms with Crippen molar-refractivity contribution in [3.05, 3.63) is 33.8 Å². The first-order valence-electron chi connectivity index (χ1n) is 8.41. The van der Waals surface area contributed by atoms with Gasteiger partial charge >= 0.3 is 0 Å². The van der Waals surface area contributed by atoms with E-state index in [-0.39, 0.29) is 18.0 Å². The summed E-state index contributed by atoms with van der Waals surface area (Å²) < 4.78 is 0. The number of halogens is 2. The van der Waals surface area contributed by atoms with Crippen LogP contribution in [0.25, 0.3) is 0 Å². The lowest BCUT2D eigenvalue weighted by atomic mass is 10.1. The highest BCUT2D eigenvalue weighted by Crippen LogP contribution is 2.22. The third kappa shape index (κ3) is 9.53. The summed E-state index contributed by atoms with van der Waals surface area (Å²) in [6.07, 6.45) is 4.36. The van der Waals surface area contributed by atoms with Gasteiger partial charge in [0.15, 0.2) is 11.9 Å². The van der Waals surface area contributed by atoms with Crippen molar-refractivity contribution < 1.29 is 5.11 Å². The van der Waals surface area contributed by atoms with Crippen LogP contribution in [0.15, 0.2) is 28.2 Å². The average molecular weight is 388 g/mol. The number of aliphatic hydroxyl groups excluding tert-OH is 1. The van der Waals surface area contributed by atoms with E-state index in [4.69, 9.17) is 34.7 Å². The van der Waals surface area contributed by atoms with E-state index in [1.165, 1.54) is 0 Å². The highest BCUT2D eigenvalue weighted by atomic mass is 35.5. The van der Waals surface area contributed by atoms with Gasteiger partial charge < -0.3 is 16.6 Å². The summed E-state index contributed by atoms with van der Waals surface area (Å²) in [6.45, 7) is 2.96. The maximum atomic E-state index is 9.46. The molecule has 0 fully saturated rings. The first-order chi connectivity index (χ1) is 11.9. The fourth-order valence-corrected chi connectivity index (χ4v) is 2.42. The Bertz CT molecular complexity index is 592. The van der Waals surface area contributed by atoms with Gasteiger partial charge in [-0.2, -0.15) is 0 Å². The molecule has 25 heavy (non-hydrogen) atoms. The van der Waals surface area contributed by atoms with Crippen LogP contribution in [0.3, 0.4) is 0 Å². The van der Waals surface area contributed by atoms with Gasteiger partial charge in [-0.1, -0.05) is 49.0 Å². The van der Waals surface area contributed by atoms with Crippen LogP contribution in [0.1, 0.15) is 44.6 Å². The van der Waals surface area contributed by atoms with Crippen LogP contribution in [0.4, 0.5) is 0 Å². The van der Waals surface area contributed by atoms with Crippen LogP contribution < -0.4 is 16.8 Å². The van der Waals surface area contributed by atoms with Crippen molar-refractivity contribution in [1.82, 2.24) is 5.32 Å². The summed E-state index contributed by atoms with van der Waals surface area (Å²) in [5.74, 6) is 0.433. The lowest BCUT2D eigenvalue weighted by molar-refractivity contribution is 0.156. The number of nitrogens with one attached hydrogen (secondary N) is 1. The quantitative estimate of drug-likeness (QED) is 0.296. The second kappa shape index (κ2) is 12.0. The third-order valence-corrected chi connectivity index (χ3v) is 4.36. The molecule has 0 aromatic heterocycles. The number of benzene rings is 1. The summed E-state index contributed by atoms with van der Waals surface area (Å²) in [5.41, 5.74) is 12.4. The largest absolute Gasteiger partial charge is 0.393 e. The Morgan fingerprint density at radius 3 is 2.52 bits per heavy atom. The summed E-state index contributed by atoms with van der Waals surface area (Å²) in [4.78, 5) is 8.39. The predicted octanol–water partition coefficient (Wildman–Crippen LogP) is 3.04. The molecule has 0 aliphatic carbocycles. The predicted molar refractivity (Wildman–Crippen MR) is 106 cm³/mol. The van der Waals surface area contributed by atoms with Crippen LogP contribution in [0.5, 0.6) is 0 Å². The minimum atomic E-state index is -0.193. The molecular formula is C17H27Cl2N5O. The lowest BCUT2D eigenvalue weighted by Gasteiger charge is -2.07. The zero-order chi connectivity index (χ0) is 18.7. The summed E-state index contributed by atoms with van der Waals surface area (Å²) >= 11 is 11.8. The molecule has 0 spiro atoms. The van der Waals surface area contributed by atoms with Crippen molar-refractivity contribution in [2.45, 2.75) is 51.7 Å². The van der Waals surface area contributed by atoms with E-state index in [1.807, 2.05) is 13.0 Å². The number of aliphatic hydroxyl groups is 1. The van der Waals surface area contributed by atoms with Crippen LogP contribution in [-0.2, 0) is 6.54 Å². The standard InChI is InChI=1S/C17H27Cl2N5O/c1-2-13(25)6-4-3-5-9-22-16(20)24-17(21)23-11-12-7-8-14(18)15(19)10-12/h7-8,10,13,25H,2-6,9,11H2,1H3,(H5,20,21,22,23,24). The number of nitrogens with zero attached hydrogens (tertiary/aromatic N) is 2. The van der Waals surface area contributed by atoms with Crippen LogP contribution in [0.2, 0.25) is 10.0 Å². The molecule has 6 nitrogen and oxygen atoms in total. The lowest BCUT2D eigenvalue weighted by Crippen LogP contribution is -2.41. The Hall–Kier alpha value is -1.50. The van der Waals surface area contributed by atoms with E-state index < -0.39 is 0 Å². The van der Waals surface area contributed by atoms with E-state index in [9.17, 15) is 5.11 Å². The zero-order valence-corrected chi connectivity index (χ0v) is 16.0. The third-order valence-electron chi connectivity index (χ3n) is 3.62. The van der Waals surface area contributed by atoms with Crippen molar-refractivity contribution in [1.29, 1.82) is 0 Å². The molecule has 0 heterocycles. The fraction of sp³-hybridized carbons (Fsp3) is 0.529. The van der Waals surface area contributed by atoms with Gasteiger partial charge in [0.25, 0.3) is 0 Å². The molecule has 0 amide bonds. The second-order valence-electron chi connectivity index (χ2n) is 5.75. The van der Waals surface area contributed by atoms with Gasteiger partial charge in [0, 0.05) is 6.54 Å². The van der Waals surface area contributed by atoms with Gasteiger partial charge in [-0.3, -0.25) is 10.3 Å². The average Bonchev–Trinajstić information content (AvgIpc) is 2.58. The number of unbranched alkanes of at least 4 members (excludes halogenated alkanes) is 2. The van der Waals surface area contributed by atoms with Crippen LogP contribution >= 0.6 is 23.2 Å². The number of aliphatic imine (C=N–C) groups is 2. The zero-order valence-electron chi connectivity index (χ0n) is 14.5. The van der Waals surface area contributed by atoms with E-state index in [0.29, 0.717) is 23.1 Å². The van der Waals surface area contributed by atoms with Gasteiger partial charge in [-0.05, 0) is 37.0 Å². The highest BCUT2D eigenvalue weighted by molar-refractivity contribution is 6.42. The number of rotatable bonds is 9. The molecule has 1 aromatic rings. The molecular weight excluding hydrogens is 361 g/mol. The van der Waals surface area contributed by atoms with Crippen molar-refractivity contribution in [3.8, 4) is 0 Å². The number of hydrogen-bond acceptors (Lipinski definition) is 3. The summed E-state index contributed by atoms with van der Waals surface area (Å²) in [7, 11) is 0. The first kappa shape index (κ1) is 21.5. The van der Waals surface area contributed by atoms with Crippen molar-refractivity contribution in [3.63, 3.8) is 0 Å². The number of guanidine groups is 2. The molecule has 0 bridgehead atoms. The maximum absolute atomic E-state index is 9.46. The van der Waals surface area contributed by atoms with Crippen molar-refractivity contribution >= 4 is 35.1 Å². The smallest absolute Gasteiger partial charge is 0.195 e. The van der Waals surface area contributed by atoms with Gasteiger partial charge in [0.1, 0.15) is 0 Å². The highest BCUT2D eigenvalue weighted by Gasteiger charge is 2.01. The summed E-state index contributed by atoms with van der Waals surface area (Å²) in [5, 5.41) is 13.2. The molecule has 1 rings (SSSR count). The van der Waals surface area contributed by atoms with Gasteiger partial charge in [0.05, 0.1) is 22.7 Å².